The van der Waals surface area contributed by atoms with Crippen molar-refractivity contribution in [3.8, 4) is 28.4 Å². The zero-order valence-corrected chi connectivity index (χ0v) is 13.3. The Morgan fingerprint density at radius 3 is 2.58 bits per heavy atom. The average Bonchev–Trinajstić information content (AvgIpc) is 2.65. The molecule has 8 heteroatoms. The van der Waals surface area contributed by atoms with Crippen LogP contribution in [0.5, 0.6) is 17.2 Å². The van der Waals surface area contributed by atoms with Crippen molar-refractivity contribution in [2.75, 3.05) is 0 Å². The van der Waals surface area contributed by atoms with E-state index in [9.17, 15) is 15.2 Å². The van der Waals surface area contributed by atoms with Gasteiger partial charge in [-0.3, -0.25) is 15.1 Å². The number of nitrogens with zero attached hydrogens (tertiary/aromatic N) is 3. The number of benzene rings is 2. The first-order chi connectivity index (χ1) is 12.6. The van der Waals surface area contributed by atoms with E-state index < -0.39 is 4.92 Å². The lowest BCUT2D eigenvalue weighted by Crippen LogP contribution is -1.93. The maximum Gasteiger partial charge on any atom is 0.270 e. The Morgan fingerprint density at radius 2 is 1.88 bits per heavy atom. The van der Waals surface area contributed by atoms with Gasteiger partial charge in [-0.1, -0.05) is 17.3 Å². The number of hydrogen-bond acceptors (Lipinski definition) is 7. The minimum atomic E-state index is -0.520. The van der Waals surface area contributed by atoms with Crippen LogP contribution >= 0.6 is 0 Å². The average molecular weight is 351 g/mol. The van der Waals surface area contributed by atoms with Gasteiger partial charge >= 0.3 is 0 Å². The molecule has 2 N–H and O–H groups in total. The van der Waals surface area contributed by atoms with E-state index in [1.807, 2.05) is 0 Å². The highest BCUT2D eigenvalue weighted by Gasteiger charge is 2.15. The fourth-order valence-electron chi connectivity index (χ4n) is 2.40. The van der Waals surface area contributed by atoms with Gasteiger partial charge in [-0.15, -0.1) is 0 Å². The fourth-order valence-corrected chi connectivity index (χ4v) is 2.40. The van der Waals surface area contributed by atoms with E-state index >= 15 is 0 Å². The van der Waals surface area contributed by atoms with Crippen LogP contribution < -0.4 is 4.74 Å². The van der Waals surface area contributed by atoms with E-state index in [-0.39, 0.29) is 17.0 Å². The van der Waals surface area contributed by atoms with Crippen molar-refractivity contribution >= 4 is 11.9 Å². The highest BCUT2D eigenvalue weighted by atomic mass is 16.6. The summed E-state index contributed by atoms with van der Waals surface area (Å²) in [5, 5.41) is 33.2. The largest absolute Gasteiger partial charge is 0.507 e. The first-order valence-corrected chi connectivity index (χ1v) is 7.45. The SMILES string of the molecule is O=[N+]([O-])c1cccc(-c2cc(Oc3ccncc3)cc(/C=N/O)c2O)c1. The number of pyridine rings is 1. The zero-order valence-electron chi connectivity index (χ0n) is 13.3. The molecule has 26 heavy (non-hydrogen) atoms. The highest BCUT2D eigenvalue weighted by Crippen LogP contribution is 2.38. The molecule has 8 nitrogen and oxygen atoms in total. The molecule has 0 atom stereocenters. The molecule has 3 aromatic rings. The Bertz CT molecular complexity index is 974. The molecule has 3 rings (SSSR count). The second kappa shape index (κ2) is 7.31. The maximum atomic E-state index is 11.0. The van der Waals surface area contributed by atoms with Crippen LogP contribution in [0.2, 0.25) is 0 Å². The highest BCUT2D eigenvalue weighted by molar-refractivity contribution is 5.89. The molecule has 0 fully saturated rings. The molecule has 0 unspecified atom stereocenters. The van der Waals surface area contributed by atoms with Gasteiger partial charge in [0.1, 0.15) is 17.2 Å². The normalized spacial score (nSPS) is 10.8. The monoisotopic (exact) mass is 351 g/mol. The van der Waals surface area contributed by atoms with E-state index in [1.165, 1.54) is 24.3 Å². The second-order valence-corrected chi connectivity index (χ2v) is 5.25. The summed E-state index contributed by atoms with van der Waals surface area (Å²) in [5.74, 6) is 0.679. The molecule has 0 amide bonds. The Morgan fingerprint density at radius 1 is 1.12 bits per heavy atom. The van der Waals surface area contributed by atoms with Crippen LogP contribution in [0, 0.1) is 10.1 Å². The van der Waals surface area contributed by atoms with E-state index in [4.69, 9.17) is 9.94 Å². The number of aromatic hydroxyl groups is 1. The third-order valence-electron chi connectivity index (χ3n) is 3.56. The van der Waals surface area contributed by atoms with E-state index in [0.717, 1.165) is 6.21 Å². The molecule has 1 aromatic heterocycles. The van der Waals surface area contributed by atoms with E-state index in [2.05, 4.69) is 10.1 Å². The quantitative estimate of drug-likeness (QED) is 0.311. The van der Waals surface area contributed by atoms with Gasteiger partial charge in [0.15, 0.2) is 0 Å². The first-order valence-electron chi connectivity index (χ1n) is 7.45. The molecular formula is C18H13N3O5. The molecule has 0 aliphatic carbocycles. The minimum absolute atomic E-state index is 0.111. The van der Waals surface area contributed by atoms with Crippen LogP contribution in [0.3, 0.4) is 0 Å². The summed E-state index contributed by atoms with van der Waals surface area (Å²) in [7, 11) is 0. The predicted octanol–water partition coefficient (Wildman–Crippen LogP) is 3.96. The van der Waals surface area contributed by atoms with Crippen molar-refractivity contribution in [1.29, 1.82) is 0 Å². The van der Waals surface area contributed by atoms with Crippen molar-refractivity contribution in [1.82, 2.24) is 4.98 Å². The molecule has 0 bridgehead atoms. The summed E-state index contributed by atoms with van der Waals surface area (Å²) in [6, 6.07) is 12.2. The van der Waals surface area contributed by atoms with E-state index in [1.54, 1.807) is 36.7 Å². The van der Waals surface area contributed by atoms with Crippen molar-refractivity contribution in [2.45, 2.75) is 0 Å². The summed E-state index contributed by atoms with van der Waals surface area (Å²) in [6.45, 7) is 0. The summed E-state index contributed by atoms with van der Waals surface area (Å²) in [4.78, 5) is 14.4. The lowest BCUT2D eigenvalue weighted by atomic mass is 10.0. The number of rotatable bonds is 5. The van der Waals surface area contributed by atoms with Gasteiger partial charge in [0.2, 0.25) is 0 Å². The molecule has 1 heterocycles. The van der Waals surface area contributed by atoms with Crippen LogP contribution in [0.4, 0.5) is 5.69 Å². The molecule has 0 radical (unpaired) electrons. The van der Waals surface area contributed by atoms with Crippen molar-refractivity contribution in [3.63, 3.8) is 0 Å². The van der Waals surface area contributed by atoms with Gasteiger partial charge in [-0.2, -0.15) is 0 Å². The lowest BCUT2D eigenvalue weighted by Gasteiger charge is -2.12. The van der Waals surface area contributed by atoms with Crippen LogP contribution in [-0.2, 0) is 0 Å². The first kappa shape index (κ1) is 16.9. The van der Waals surface area contributed by atoms with Crippen molar-refractivity contribution in [2.24, 2.45) is 5.16 Å². The number of hydrogen-bond donors (Lipinski definition) is 2. The molecule has 0 saturated carbocycles. The zero-order chi connectivity index (χ0) is 18.5. The van der Waals surface area contributed by atoms with Crippen LogP contribution in [0.1, 0.15) is 5.56 Å². The fraction of sp³-hybridized carbons (Fsp3) is 0. The van der Waals surface area contributed by atoms with Gasteiger partial charge in [-0.25, -0.2) is 0 Å². The van der Waals surface area contributed by atoms with Gasteiger partial charge in [0.05, 0.1) is 11.1 Å². The van der Waals surface area contributed by atoms with Crippen LogP contribution in [-0.4, -0.2) is 26.4 Å². The molecular weight excluding hydrogens is 338 g/mol. The maximum absolute atomic E-state index is 11.0. The minimum Gasteiger partial charge on any atom is -0.507 e. The Hall–Kier alpha value is -3.94. The van der Waals surface area contributed by atoms with Gasteiger partial charge in [0.25, 0.3) is 5.69 Å². The summed E-state index contributed by atoms with van der Waals surface area (Å²) >= 11 is 0. The van der Waals surface area contributed by atoms with Crippen molar-refractivity contribution < 1.29 is 20.0 Å². The number of phenols is 1. The predicted molar refractivity (Wildman–Crippen MR) is 93.9 cm³/mol. The number of oxime groups is 1. The summed E-state index contributed by atoms with van der Waals surface area (Å²) < 4.78 is 5.73. The Balaban J connectivity index is 2.11. The molecule has 0 spiro atoms. The van der Waals surface area contributed by atoms with Gasteiger partial charge < -0.3 is 15.1 Å². The number of phenolic OH excluding ortho intramolecular Hbond substituents is 1. The molecule has 2 aromatic carbocycles. The van der Waals surface area contributed by atoms with Crippen LogP contribution in [0.15, 0.2) is 66.1 Å². The third kappa shape index (κ3) is 3.59. The Kier molecular flexibility index (Phi) is 4.75. The number of aromatic nitrogens is 1. The molecule has 0 aliphatic heterocycles. The van der Waals surface area contributed by atoms with Crippen LogP contribution in [0.25, 0.3) is 11.1 Å². The summed E-state index contributed by atoms with van der Waals surface area (Å²) in [6.07, 6.45) is 4.18. The standard InChI is InChI=1S/C18H13N3O5/c22-18-13(11-20-23)9-16(26-15-4-6-19-7-5-15)10-17(18)12-2-1-3-14(8-12)21(24)25/h1-11,22-23H/b20-11+. The topological polar surface area (TPSA) is 118 Å². The number of nitro benzene ring substituents is 1. The Labute approximate surface area is 147 Å². The van der Waals surface area contributed by atoms with Crippen molar-refractivity contribution in [3.05, 3.63) is 76.6 Å². The number of nitro groups is 1. The smallest absolute Gasteiger partial charge is 0.270 e. The second-order valence-electron chi connectivity index (χ2n) is 5.25. The molecule has 0 aliphatic rings. The lowest BCUT2D eigenvalue weighted by molar-refractivity contribution is -0.384. The van der Waals surface area contributed by atoms with E-state index in [0.29, 0.717) is 22.6 Å². The molecule has 130 valence electrons. The number of non-ortho nitro benzene ring substituents is 1. The van der Waals surface area contributed by atoms with Gasteiger partial charge in [-0.05, 0) is 29.8 Å². The number of ether oxygens (including phenoxy) is 1. The molecule has 0 saturated heterocycles. The third-order valence-corrected chi connectivity index (χ3v) is 3.56. The van der Waals surface area contributed by atoms with Gasteiger partial charge in [0, 0.05) is 35.7 Å². The summed E-state index contributed by atoms with van der Waals surface area (Å²) in [5.41, 5.74) is 0.805.